The third-order valence-corrected chi connectivity index (χ3v) is 3.68. The average molecular weight is 318 g/mol. The molecule has 1 aliphatic heterocycles. The van der Waals surface area contributed by atoms with Crippen molar-refractivity contribution in [2.75, 3.05) is 0 Å². The van der Waals surface area contributed by atoms with Gasteiger partial charge in [0.05, 0.1) is 5.56 Å². The van der Waals surface area contributed by atoms with Crippen molar-refractivity contribution in [1.82, 2.24) is 5.32 Å². The summed E-state index contributed by atoms with van der Waals surface area (Å²) in [5.41, 5.74) is 1.14. The lowest BCUT2D eigenvalue weighted by molar-refractivity contribution is -0.186. The number of rotatable bonds is 3. The van der Waals surface area contributed by atoms with Crippen LogP contribution >= 0.6 is 11.6 Å². The van der Waals surface area contributed by atoms with Gasteiger partial charge in [-0.3, -0.25) is 4.79 Å². The van der Waals surface area contributed by atoms with Crippen LogP contribution in [0.25, 0.3) is 0 Å². The smallest absolute Gasteiger partial charge is 0.341 e. The first-order valence-electron chi connectivity index (χ1n) is 6.58. The van der Waals surface area contributed by atoms with Gasteiger partial charge < -0.3 is 15.2 Å². The lowest BCUT2D eigenvalue weighted by Gasteiger charge is -2.21. The Morgan fingerprint density at radius 3 is 2.59 bits per heavy atom. The van der Waals surface area contributed by atoms with Crippen molar-refractivity contribution in [3.63, 3.8) is 0 Å². The first-order chi connectivity index (χ1) is 10.5. The Morgan fingerprint density at radius 2 is 1.86 bits per heavy atom. The zero-order chi connectivity index (χ0) is 15.7. The highest BCUT2D eigenvalue weighted by Gasteiger charge is 2.50. The molecule has 1 amide bonds. The molecule has 1 aliphatic rings. The molecule has 0 aliphatic carbocycles. The van der Waals surface area contributed by atoms with Crippen LogP contribution in [0.4, 0.5) is 0 Å². The van der Waals surface area contributed by atoms with Gasteiger partial charge in [0.2, 0.25) is 0 Å². The van der Waals surface area contributed by atoms with Crippen LogP contribution in [-0.4, -0.2) is 17.0 Å². The summed E-state index contributed by atoms with van der Waals surface area (Å²) in [6.45, 7) is 0.179. The summed E-state index contributed by atoms with van der Waals surface area (Å²) in [5.74, 6) is -3.80. The van der Waals surface area contributed by atoms with Gasteiger partial charge in [0.25, 0.3) is 5.91 Å². The van der Waals surface area contributed by atoms with Crippen molar-refractivity contribution in [3.05, 3.63) is 70.2 Å². The Bertz CT molecular complexity index is 744. The van der Waals surface area contributed by atoms with E-state index < -0.39 is 17.7 Å². The van der Waals surface area contributed by atoms with Crippen LogP contribution in [0.5, 0.6) is 0 Å². The average Bonchev–Trinajstić information content (AvgIpc) is 2.79. The van der Waals surface area contributed by atoms with Crippen LogP contribution in [-0.2, 0) is 21.9 Å². The second kappa shape index (κ2) is 5.44. The number of carbonyl (C=O) groups is 2. The molecular formula is C16H12ClNO4. The van der Waals surface area contributed by atoms with E-state index in [2.05, 4.69) is 5.32 Å². The lowest BCUT2D eigenvalue weighted by Crippen LogP contribution is -2.44. The molecule has 22 heavy (non-hydrogen) atoms. The highest BCUT2D eigenvalue weighted by Crippen LogP contribution is 2.34. The summed E-state index contributed by atoms with van der Waals surface area (Å²) in [7, 11) is 0. The third kappa shape index (κ3) is 2.45. The zero-order valence-corrected chi connectivity index (χ0v) is 12.1. The van der Waals surface area contributed by atoms with Crippen LogP contribution < -0.4 is 5.32 Å². The Kier molecular flexibility index (Phi) is 3.60. The highest BCUT2D eigenvalue weighted by molar-refractivity contribution is 6.30. The minimum atomic E-state index is -2.29. The van der Waals surface area contributed by atoms with Gasteiger partial charge in [-0.15, -0.1) is 0 Å². The number of hydrogen-bond donors (Lipinski definition) is 2. The topological polar surface area (TPSA) is 75.6 Å². The molecule has 1 unspecified atom stereocenters. The van der Waals surface area contributed by atoms with Crippen molar-refractivity contribution in [2.45, 2.75) is 12.3 Å². The molecule has 0 saturated heterocycles. The fourth-order valence-corrected chi connectivity index (χ4v) is 2.40. The molecule has 0 spiro atoms. The monoisotopic (exact) mass is 317 g/mol. The minimum Gasteiger partial charge on any atom is -0.415 e. The van der Waals surface area contributed by atoms with Crippen molar-refractivity contribution in [2.24, 2.45) is 0 Å². The first kappa shape index (κ1) is 14.6. The standard InChI is InChI=1S/C16H12ClNO4/c17-11-7-5-10(6-8-11)9-18-15(20)16(21)13-4-2-1-3-12(13)14(19)22-16/h1-8,21H,9H2,(H,18,20). The van der Waals surface area contributed by atoms with Gasteiger partial charge in [-0.1, -0.05) is 41.9 Å². The highest BCUT2D eigenvalue weighted by atomic mass is 35.5. The van der Waals surface area contributed by atoms with Crippen LogP contribution in [0.15, 0.2) is 48.5 Å². The number of nitrogens with one attached hydrogen (secondary N) is 1. The van der Waals surface area contributed by atoms with Crippen molar-refractivity contribution < 1.29 is 19.4 Å². The summed E-state index contributed by atoms with van der Waals surface area (Å²) in [6, 6.07) is 13.1. The molecule has 1 atom stereocenters. The summed E-state index contributed by atoms with van der Waals surface area (Å²) in [6.07, 6.45) is 0. The third-order valence-electron chi connectivity index (χ3n) is 3.43. The molecule has 0 fully saturated rings. The van der Waals surface area contributed by atoms with Gasteiger partial charge >= 0.3 is 11.8 Å². The number of hydrogen-bond acceptors (Lipinski definition) is 4. The molecule has 0 bridgehead atoms. The van der Waals surface area contributed by atoms with Crippen molar-refractivity contribution >= 4 is 23.5 Å². The van der Waals surface area contributed by atoms with Gasteiger partial charge in [0.15, 0.2) is 0 Å². The number of esters is 1. The minimum absolute atomic E-state index is 0.147. The van der Waals surface area contributed by atoms with E-state index in [-0.39, 0.29) is 17.7 Å². The van der Waals surface area contributed by atoms with Crippen LogP contribution in [0.3, 0.4) is 0 Å². The molecule has 2 N–H and O–H groups in total. The molecule has 1 heterocycles. The van der Waals surface area contributed by atoms with E-state index in [9.17, 15) is 14.7 Å². The first-order valence-corrected chi connectivity index (χ1v) is 6.96. The predicted octanol–water partition coefficient (Wildman–Crippen LogP) is 1.97. The Labute approximate surface area is 131 Å². The molecule has 3 rings (SSSR count). The van der Waals surface area contributed by atoms with Crippen molar-refractivity contribution in [1.29, 1.82) is 0 Å². The fraction of sp³-hybridized carbons (Fsp3) is 0.125. The molecule has 0 radical (unpaired) electrons. The van der Waals surface area contributed by atoms with Gasteiger partial charge in [-0.25, -0.2) is 4.79 Å². The maximum atomic E-state index is 12.3. The van der Waals surface area contributed by atoms with Gasteiger partial charge in [-0.05, 0) is 23.8 Å². The molecule has 6 heteroatoms. The van der Waals surface area contributed by atoms with Gasteiger partial charge in [0, 0.05) is 17.1 Å². The van der Waals surface area contributed by atoms with Gasteiger partial charge in [0.1, 0.15) is 0 Å². The molecule has 2 aromatic rings. The molecule has 2 aromatic carbocycles. The van der Waals surface area contributed by atoms with Crippen LogP contribution in [0.1, 0.15) is 21.5 Å². The number of benzene rings is 2. The molecule has 5 nitrogen and oxygen atoms in total. The Balaban J connectivity index is 1.78. The second-order valence-electron chi connectivity index (χ2n) is 4.89. The van der Waals surface area contributed by atoms with E-state index in [4.69, 9.17) is 16.3 Å². The quantitative estimate of drug-likeness (QED) is 0.849. The van der Waals surface area contributed by atoms with E-state index in [1.165, 1.54) is 12.1 Å². The number of amides is 1. The number of aliphatic hydroxyl groups is 1. The summed E-state index contributed by atoms with van der Waals surface area (Å²) in [5, 5.41) is 13.6. The fourth-order valence-electron chi connectivity index (χ4n) is 2.27. The van der Waals surface area contributed by atoms with E-state index in [0.717, 1.165) is 5.56 Å². The Morgan fingerprint density at radius 1 is 1.18 bits per heavy atom. The van der Waals surface area contributed by atoms with E-state index in [1.54, 1.807) is 36.4 Å². The second-order valence-corrected chi connectivity index (χ2v) is 5.32. The summed E-state index contributed by atoms with van der Waals surface area (Å²) >= 11 is 5.79. The summed E-state index contributed by atoms with van der Waals surface area (Å²) in [4.78, 5) is 24.0. The number of halogens is 1. The van der Waals surface area contributed by atoms with E-state index >= 15 is 0 Å². The maximum absolute atomic E-state index is 12.3. The molecular weight excluding hydrogens is 306 g/mol. The maximum Gasteiger partial charge on any atom is 0.341 e. The summed E-state index contributed by atoms with van der Waals surface area (Å²) < 4.78 is 4.87. The van der Waals surface area contributed by atoms with E-state index in [0.29, 0.717) is 5.02 Å². The molecule has 0 aromatic heterocycles. The zero-order valence-electron chi connectivity index (χ0n) is 11.4. The number of ether oxygens (including phenoxy) is 1. The van der Waals surface area contributed by atoms with Crippen molar-refractivity contribution in [3.8, 4) is 0 Å². The number of fused-ring (bicyclic) bond motifs is 1. The lowest BCUT2D eigenvalue weighted by atomic mass is 10.0. The largest absolute Gasteiger partial charge is 0.415 e. The number of cyclic esters (lactones) is 1. The van der Waals surface area contributed by atoms with E-state index in [1.807, 2.05) is 0 Å². The van der Waals surface area contributed by atoms with Gasteiger partial charge in [-0.2, -0.15) is 0 Å². The molecule has 112 valence electrons. The van der Waals surface area contributed by atoms with Crippen LogP contribution in [0.2, 0.25) is 5.02 Å². The van der Waals surface area contributed by atoms with Crippen LogP contribution in [0, 0.1) is 0 Å². The predicted molar refractivity (Wildman–Crippen MR) is 79.1 cm³/mol. The molecule has 0 saturated carbocycles. The number of carbonyl (C=O) groups excluding carboxylic acids is 2. The Hall–Kier alpha value is -2.37. The SMILES string of the molecule is O=C1OC(O)(C(=O)NCc2ccc(Cl)cc2)c2ccccc21. The normalized spacial score (nSPS) is 19.5.